The van der Waals surface area contributed by atoms with Gasteiger partial charge < -0.3 is 4.90 Å². The first-order valence-corrected chi connectivity index (χ1v) is 9.91. The lowest BCUT2D eigenvalue weighted by Gasteiger charge is -2.16. The van der Waals surface area contributed by atoms with Crippen molar-refractivity contribution in [2.24, 2.45) is 0 Å². The molecule has 1 aliphatic heterocycles. The van der Waals surface area contributed by atoms with Gasteiger partial charge >= 0.3 is 0 Å². The molecule has 8 heteroatoms. The zero-order valence-corrected chi connectivity index (χ0v) is 15.7. The van der Waals surface area contributed by atoms with Gasteiger partial charge in [0.15, 0.2) is 0 Å². The molecular formula is C17H16Cl2N2O3S. The molecule has 0 aromatic heterocycles. The van der Waals surface area contributed by atoms with Gasteiger partial charge in [0.1, 0.15) is 4.90 Å². The quantitative estimate of drug-likeness (QED) is 0.837. The second-order valence-corrected chi connectivity index (χ2v) is 8.30. The molecule has 1 fully saturated rings. The monoisotopic (exact) mass is 398 g/mol. The number of carbonyl (C=O) groups excluding carboxylic acids is 1. The third-order valence-corrected chi connectivity index (χ3v) is 6.26. The smallest absolute Gasteiger partial charge is 0.263 e. The number of sulfonamides is 1. The fraction of sp³-hybridized carbons (Fsp3) is 0.235. The van der Waals surface area contributed by atoms with Crippen molar-refractivity contribution in [1.82, 2.24) is 0 Å². The van der Waals surface area contributed by atoms with Crippen LogP contribution in [-0.2, 0) is 14.8 Å². The van der Waals surface area contributed by atoms with E-state index in [9.17, 15) is 13.2 Å². The van der Waals surface area contributed by atoms with Crippen molar-refractivity contribution in [3.8, 4) is 0 Å². The molecule has 1 saturated heterocycles. The zero-order valence-electron chi connectivity index (χ0n) is 13.4. The molecule has 2 aromatic carbocycles. The number of hydrogen-bond acceptors (Lipinski definition) is 3. The van der Waals surface area contributed by atoms with E-state index in [0.717, 1.165) is 12.1 Å². The van der Waals surface area contributed by atoms with Crippen molar-refractivity contribution < 1.29 is 13.2 Å². The number of hydrogen-bond donors (Lipinski definition) is 1. The molecule has 0 bridgehead atoms. The van der Waals surface area contributed by atoms with Crippen LogP contribution in [0.4, 0.5) is 11.4 Å². The molecule has 1 amide bonds. The Labute approximate surface area is 156 Å². The Morgan fingerprint density at radius 3 is 2.36 bits per heavy atom. The van der Waals surface area contributed by atoms with Crippen LogP contribution in [0, 0.1) is 6.92 Å². The molecule has 5 nitrogen and oxygen atoms in total. The molecule has 2 aromatic rings. The topological polar surface area (TPSA) is 66.5 Å². The van der Waals surface area contributed by atoms with Crippen molar-refractivity contribution >= 4 is 50.5 Å². The number of amides is 1. The summed E-state index contributed by atoms with van der Waals surface area (Å²) in [6.07, 6.45) is 1.38. The van der Waals surface area contributed by atoms with Gasteiger partial charge in [-0.3, -0.25) is 9.52 Å². The van der Waals surface area contributed by atoms with Gasteiger partial charge in [-0.25, -0.2) is 8.42 Å². The van der Waals surface area contributed by atoms with Gasteiger partial charge in [0.2, 0.25) is 5.91 Å². The van der Waals surface area contributed by atoms with E-state index in [1.807, 2.05) is 0 Å². The molecule has 0 aliphatic carbocycles. The Morgan fingerprint density at radius 2 is 1.76 bits per heavy atom. The van der Waals surface area contributed by atoms with Crippen molar-refractivity contribution in [3.05, 3.63) is 52.0 Å². The maximum absolute atomic E-state index is 12.6. The number of rotatable bonds is 4. The fourth-order valence-electron chi connectivity index (χ4n) is 2.68. The Hall–Kier alpha value is -1.76. The fourth-order valence-corrected chi connectivity index (χ4v) is 4.57. The SMILES string of the molecule is Cc1cc(S(=O)(=O)Nc2ccc(N3CCCC3=O)cc2)c(Cl)cc1Cl. The molecule has 0 atom stereocenters. The van der Waals surface area contributed by atoms with E-state index >= 15 is 0 Å². The van der Waals surface area contributed by atoms with E-state index in [0.29, 0.717) is 29.2 Å². The Bertz CT molecular complexity index is 928. The second-order valence-electron chi connectivity index (χ2n) is 5.83. The summed E-state index contributed by atoms with van der Waals surface area (Å²) in [6, 6.07) is 9.52. The number of benzene rings is 2. The molecular weight excluding hydrogens is 383 g/mol. The molecule has 0 radical (unpaired) electrons. The molecule has 0 unspecified atom stereocenters. The van der Waals surface area contributed by atoms with Crippen LogP contribution in [0.25, 0.3) is 0 Å². The van der Waals surface area contributed by atoms with Crippen LogP contribution < -0.4 is 9.62 Å². The lowest BCUT2D eigenvalue weighted by atomic mass is 10.2. The first-order chi connectivity index (χ1) is 11.8. The molecule has 25 heavy (non-hydrogen) atoms. The first-order valence-electron chi connectivity index (χ1n) is 7.67. The second kappa shape index (κ2) is 6.86. The molecule has 1 heterocycles. The predicted molar refractivity (Wildman–Crippen MR) is 100 cm³/mol. The van der Waals surface area contributed by atoms with Crippen molar-refractivity contribution in [3.63, 3.8) is 0 Å². The van der Waals surface area contributed by atoms with Gasteiger partial charge in [0.25, 0.3) is 10.0 Å². The van der Waals surface area contributed by atoms with Crippen LogP contribution in [0.15, 0.2) is 41.3 Å². The minimum absolute atomic E-state index is 0.0325. The number of anilines is 2. The third kappa shape index (κ3) is 3.76. The third-order valence-electron chi connectivity index (χ3n) is 4.01. The summed E-state index contributed by atoms with van der Waals surface area (Å²) >= 11 is 12.0. The van der Waals surface area contributed by atoms with E-state index in [2.05, 4.69) is 4.72 Å². The lowest BCUT2D eigenvalue weighted by Crippen LogP contribution is -2.23. The maximum atomic E-state index is 12.6. The summed E-state index contributed by atoms with van der Waals surface area (Å²) in [5, 5.41) is 0.464. The highest BCUT2D eigenvalue weighted by atomic mass is 35.5. The molecule has 0 saturated carbocycles. The first kappa shape index (κ1) is 18.0. The van der Waals surface area contributed by atoms with Crippen LogP contribution >= 0.6 is 23.2 Å². The number of nitrogens with zero attached hydrogens (tertiary/aromatic N) is 1. The summed E-state index contributed by atoms with van der Waals surface area (Å²) in [4.78, 5) is 13.4. The van der Waals surface area contributed by atoms with Crippen LogP contribution in [0.3, 0.4) is 0 Å². The number of aryl methyl sites for hydroxylation is 1. The highest BCUT2D eigenvalue weighted by Gasteiger charge is 2.22. The van der Waals surface area contributed by atoms with Gasteiger partial charge in [0.05, 0.1) is 5.02 Å². The normalized spacial score (nSPS) is 14.8. The van der Waals surface area contributed by atoms with E-state index in [4.69, 9.17) is 23.2 Å². The van der Waals surface area contributed by atoms with E-state index < -0.39 is 10.0 Å². The zero-order chi connectivity index (χ0) is 18.2. The predicted octanol–water partition coefficient (Wildman–Crippen LogP) is 4.23. The van der Waals surface area contributed by atoms with Crippen LogP contribution in [0.2, 0.25) is 10.0 Å². The summed E-state index contributed by atoms with van der Waals surface area (Å²) in [5.74, 6) is 0.0803. The van der Waals surface area contributed by atoms with Gasteiger partial charge in [-0.15, -0.1) is 0 Å². The van der Waals surface area contributed by atoms with Crippen molar-refractivity contribution in [2.75, 3.05) is 16.2 Å². The van der Waals surface area contributed by atoms with E-state index in [-0.39, 0.29) is 15.8 Å². The minimum Gasteiger partial charge on any atom is -0.312 e. The summed E-state index contributed by atoms with van der Waals surface area (Å²) in [7, 11) is -3.85. The Balaban J connectivity index is 1.84. The summed E-state index contributed by atoms with van der Waals surface area (Å²) in [5.41, 5.74) is 1.76. The molecule has 1 aliphatic rings. The average molecular weight is 399 g/mol. The average Bonchev–Trinajstić information content (AvgIpc) is 2.97. The van der Waals surface area contributed by atoms with Gasteiger partial charge in [-0.2, -0.15) is 0 Å². The van der Waals surface area contributed by atoms with Crippen molar-refractivity contribution in [1.29, 1.82) is 0 Å². The minimum atomic E-state index is -3.85. The summed E-state index contributed by atoms with van der Waals surface area (Å²) < 4.78 is 27.6. The number of carbonyl (C=O) groups is 1. The number of halogens is 2. The van der Waals surface area contributed by atoms with E-state index in [1.165, 1.54) is 12.1 Å². The highest BCUT2D eigenvalue weighted by Crippen LogP contribution is 2.30. The molecule has 1 N–H and O–H groups in total. The standard InChI is InChI=1S/C17H16Cl2N2O3S/c1-11-9-16(15(19)10-14(11)18)25(23,24)20-12-4-6-13(7-5-12)21-8-2-3-17(21)22/h4-7,9-10,20H,2-3,8H2,1H3. The van der Waals surface area contributed by atoms with Gasteiger partial charge in [-0.1, -0.05) is 23.2 Å². The maximum Gasteiger partial charge on any atom is 0.263 e. The van der Waals surface area contributed by atoms with Gasteiger partial charge in [0, 0.05) is 29.4 Å². The molecule has 3 rings (SSSR count). The van der Waals surface area contributed by atoms with Crippen LogP contribution in [-0.4, -0.2) is 20.9 Å². The Kier molecular flexibility index (Phi) is 4.95. The molecule has 132 valence electrons. The van der Waals surface area contributed by atoms with Gasteiger partial charge in [-0.05, 0) is 55.3 Å². The largest absolute Gasteiger partial charge is 0.312 e. The number of nitrogens with one attached hydrogen (secondary N) is 1. The van der Waals surface area contributed by atoms with E-state index in [1.54, 1.807) is 36.1 Å². The van der Waals surface area contributed by atoms with Crippen molar-refractivity contribution in [2.45, 2.75) is 24.7 Å². The van der Waals surface area contributed by atoms with Crippen LogP contribution in [0.5, 0.6) is 0 Å². The van der Waals surface area contributed by atoms with Crippen LogP contribution in [0.1, 0.15) is 18.4 Å². The lowest BCUT2D eigenvalue weighted by molar-refractivity contribution is -0.117. The molecule has 0 spiro atoms. The highest BCUT2D eigenvalue weighted by molar-refractivity contribution is 7.92. The Morgan fingerprint density at radius 1 is 1.08 bits per heavy atom. The summed E-state index contributed by atoms with van der Waals surface area (Å²) in [6.45, 7) is 2.39.